The minimum Gasteiger partial charge on any atom is -0.299 e. The molecule has 0 bridgehead atoms. The number of piperidine rings is 1. The maximum Gasteiger partial charge on any atom is 0.124 e. The number of rotatable bonds is 3. The van der Waals surface area contributed by atoms with E-state index >= 15 is 0 Å². The van der Waals surface area contributed by atoms with E-state index in [1.54, 1.807) is 0 Å². The van der Waals surface area contributed by atoms with Gasteiger partial charge in [-0.2, -0.15) is 0 Å². The van der Waals surface area contributed by atoms with E-state index in [0.29, 0.717) is 5.92 Å². The Bertz CT molecular complexity index is 403. The average molecular weight is 335 g/mol. The van der Waals surface area contributed by atoms with Gasteiger partial charge in [0.25, 0.3) is 0 Å². The Labute approximate surface area is 121 Å². The van der Waals surface area contributed by atoms with Gasteiger partial charge in [0.15, 0.2) is 0 Å². The van der Waals surface area contributed by atoms with Crippen molar-refractivity contribution in [3.63, 3.8) is 0 Å². The second-order valence-corrected chi connectivity index (χ2v) is 6.57. The number of alkyl halides is 1. The Kier molecular flexibility index (Phi) is 5.05. The van der Waals surface area contributed by atoms with Crippen LogP contribution in [0.3, 0.4) is 0 Å². The summed E-state index contributed by atoms with van der Waals surface area (Å²) in [5.41, 5.74) is 1.15. The first-order valence-corrected chi connectivity index (χ1v) is 7.59. The second-order valence-electron chi connectivity index (χ2n) is 5.03. The van der Waals surface area contributed by atoms with Crippen LogP contribution < -0.4 is 0 Å². The van der Waals surface area contributed by atoms with Crippen LogP contribution in [0.1, 0.15) is 25.3 Å². The van der Waals surface area contributed by atoms with Crippen LogP contribution in [0.2, 0.25) is 0 Å². The van der Waals surface area contributed by atoms with E-state index in [0.717, 1.165) is 42.5 Å². The number of nitrogens with zero attached hydrogens (tertiary/aromatic N) is 1. The minimum atomic E-state index is -0.194. The molecule has 1 aromatic carbocycles. The van der Waals surface area contributed by atoms with Gasteiger partial charge in [0, 0.05) is 16.4 Å². The standard InChI is InChI=1S/C14H18BrClFN/c1-10(16)11-4-6-18(7-5-11)9-12-2-3-13(17)8-14(12)15/h2-3,8,10-11H,4-7,9H2,1H3. The lowest BCUT2D eigenvalue weighted by atomic mass is 9.94. The number of hydrogen-bond acceptors (Lipinski definition) is 1. The summed E-state index contributed by atoms with van der Waals surface area (Å²) in [6, 6.07) is 4.91. The highest BCUT2D eigenvalue weighted by molar-refractivity contribution is 9.10. The summed E-state index contributed by atoms with van der Waals surface area (Å²) < 4.78 is 13.9. The monoisotopic (exact) mass is 333 g/mol. The van der Waals surface area contributed by atoms with Gasteiger partial charge in [-0.15, -0.1) is 11.6 Å². The lowest BCUT2D eigenvalue weighted by Crippen LogP contribution is -2.35. The molecule has 1 nitrogen and oxygen atoms in total. The summed E-state index contributed by atoms with van der Waals surface area (Å²) in [6.07, 6.45) is 2.31. The van der Waals surface area contributed by atoms with E-state index in [9.17, 15) is 4.39 Å². The van der Waals surface area contributed by atoms with Crippen molar-refractivity contribution in [2.45, 2.75) is 31.7 Å². The van der Waals surface area contributed by atoms with Gasteiger partial charge < -0.3 is 0 Å². The lowest BCUT2D eigenvalue weighted by Gasteiger charge is -2.33. The molecule has 0 aliphatic carbocycles. The fourth-order valence-corrected chi connectivity index (χ4v) is 3.19. The van der Waals surface area contributed by atoms with Gasteiger partial charge >= 0.3 is 0 Å². The summed E-state index contributed by atoms with van der Waals surface area (Å²) >= 11 is 9.56. The van der Waals surface area contributed by atoms with Crippen LogP contribution in [0, 0.1) is 11.7 Å². The Balaban J connectivity index is 1.91. The highest BCUT2D eigenvalue weighted by atomic mass is 79.9. The molecule has 1 aliphatic heterocycles. The molecule has 0 N–H and O–H groups in total. The molecule has 0 radical (unpaired) electrons. The number of halogens is 3. The highest BCUT2D eigenvalue weighted by Gasteiger charge is 2.22. The van der Waals surface area contributed by atoms with Gasteiger partial charge in [0.2, 0.25) is 0 Å². The number of hydrogen-bond donors (Lipinski definition) is 0. The van der Waals surface area contributed by atoms with Gasteiger partial charge in [-0.3, -0.25) is 4.90 Å². The van der Waals surface area contributed by atoms with Crippen molar-refractivity contribution in [1.82, 2.24) is 4.90 Å². The predicted molar refractivity (Wildman–Crippen MR) is 77.4 cm³/mol. The molecule has 0 amide bonds. The third-order valence-corrected chi connectivity index (χ3v) is 4.79. The molecule has 0 spiro atoms. The van der Waals surface area contributed by atoms with Crippen molar-refractivity contribution in [3.05, 3.63) is 34.1 Å². The molecule has 1 aromatic rings. The molecular formula is C14H18BrClFN. The molecule has 18 heavy (non-hydrogen) atoms. The molecule has 1 unspecified atom stereocenters. The number of likely N-dealkylation sites (tertiary alicyclic amines) is 1. The first-order chi connectivity index (χ1) is 8.56. The normalized spacial score (nSPS) is 20.0. The maximum atomic E-state index is 13.0. The highest BCUT2D eigenvalue weighted by Crippen LogP contribution is 2.26. The fraction of sp³-hybridized carbons (Fsp3) is 0.571. The quantitative estimate of drug-likeness (QED) is 0.739. The minimum absolute atomic E-state index is 0.194. The molecule has 4 heteroatoms. The zero-order valence-corrected chi connectivity index (χ0v) is 12.8. The van der Waals surface area contributed by atoms with Gasteiger partial charge in [-0.25, -0.2) is 4.39 Å². The van der Waals surface area contributed by atoms with Crippen LogP contribution in [0.5, 0.6) is 0 Å². The Morgan fingerprint density at radius 3 is 2.67 bits per heavy atom. The third kappa shape index (κ3) is 3.69. The lowest BCUT2D eigenvalue weighted by molar-refractivity contribution is 0.176. The van der Waals surface area contributed by atoms with E-state index in [1.165, 1.54) is 12.1 Å². The summed E-state index contributed by atoms with van der Waals surface area (Å²) in [6.45, 7) is 5.11. The summed E-state index contributed by atoms with van der Waals surface area (Å²) in [4.78, 5) is 2.41. The Morgan fingerprint density at radius 2 is 2.11 bits per heavy atom. The van der Waals surface area contributed by atoms with Crippen molar-refractivity contribution in [1.29, 1.82) is 0 Å². The van der Waals surface area contributed by atoms with Gasteiger partial charge in [0.05, 0.1) is 0 Å². The molecule has 100 valence electrons. The SMILES string of the molecule is CC(Cl)C1CCN(Cc2ccc(F)cc2Br)CC1. The Hall–Kier alpha value is -0.120. The van der Waals surface area contributed by atoms with E-state index < -0.39 is 0 Å². The molecule has 0 saturated carbocycles. The maximum absolute atomic E-state index is 13.0. The summed E-state index contributed by atoms with van der Waals surface area (Å²) in [5.74, 6) is 0.444. The molecular weight excluding hydrogens is 317 g/mol. The van der Waals surface area contributed by atoms with E-state index in [1.807, 2.05) is 6.07 Å². The molecule has 1 atom stereocenters. The van der Waals surface area contributed by atoms with Crippen LogP contribution in [-0.2, 0) is 6.54 Å². The van der Waals surface area contributed by atoms with Crippen LogP contribution in [0.25, 0.3) is 0 Å². The first kappa shape index (κ1) is 14.3. The van der Waals surface area contributed by atoms with Gasteiger partial charge in [-0.05, 0) is 56.5 Å². The molecule has 1 heterocycles. The molecule has 0 aromatic heterocycles. The Morgan fingerprint density at radius 1 is 1.44 bits per heavy atom. The largest absolute Gasteiger partial charge is 0.299 e. The topological polar surface area (TPSA) is 3.24 Å². The van der Waals surface area contributed by atoms with Crippen LogP contribution >= 0.6 is 27.5 Å². The van der Waals surface area contributed by atoms with Crippen molar-refractivity contribution >= 4 is 27.5 Å². The molecule has 1 fully saturated rings. The molecule has 1 aliphatic rings. The number of benzene rings is 1. The van der Waals surface area contributed by atoms with Crippen LogP contribution in [0.4, 0.5) is 4.39 Å². The second kappa shape index (κ2) is 6.36. The summed E-state index contributed by atoms with van der Waals surface area (Å²) in [7, 11) is 0. The van der Waals surface area contributed by atoms with Gasteiger partial charge in [0.1, 0.15) is 5.82 Å². The van der Waals surface area contributed by atoms with Crippen molar-refractivity contribution in [2.75, 3.05) is 13.1 Å². The van der Waals surface area contributed by atoms with Crippen LogP contribution in [0.15, 0.2) is 22.7 Å². The van der Waals surface area contributed by atoms with Crippen molar-refractivity contribution < 1.29 is 4.39 Å². The van der Waals surface area contributed by atoms with Crippen molar-refractivity contribution in [3.8, 4) is 0 Å². The van der Waals surface area contributed by atoms with E-state index in [-0.39, 0.29) is 11.2 Å². The summed E-state index contributed by atoms with van der Waals surface area (Å²) in [5, 5.41) is 0.268. The van der Waals surface area contributed by atoms with Crippen molar-refractivity contribution in [2.24, 2.45) is 5.92 Å². The molecule has 2 rings (SSSR count). The average Bonchev–Trinajstić information content (AvgIpc) is 2.33. The fourth-order valence-electron chi connectivity index (χ4n) is 2.46. The zero-order chi connectivity index (χ0) is 13.1. The van der Waals surface area contributed by atoms with Gasteiger partial charge in [-0.1, -0.05) is 22.0 Å². The smallest absolute Gasteiger partial charge is 0.124 e. The third-order valence-electron chi connectivity index (χ3n) is 3.69. The first-order valence-electron chi connectivity index (χ1n) is 6.36. The van der Waals surface area contributed by atoms with E-state index in [2.05, 4.69) is 27.8 Å². The predicted octanol–water partition coefficient (Wildman–Crippen LogP) is 4.43. The van der Waals surface area contributed by atoms with Crippen LogP contribution in [-0.4, -0.2) is 23.4 Å². The van der Waals surface area contributed by atoms with E-state index in [4.69, 9.17) is 11.6 Å². The zero-order valence-electron chi connectivity index (χ0n) is 10.5. The molecule has 1 saturated heterocycles.